The van der Waals surface area contributed by atoms with Gasteiger partial charge in [0.15, 0.2) is 17.2 Å². The molecule has 158 valence electrons. The van der Waals surface area contributed by atoms with Crippen molar-refractivity contribution in [2.75, 3.05) is 7.11 Å². The van der Waals surface area contributed by atoms with Gasteiger partial charge in [-0.05, 0) is 48.5 Å². The number of methoxy groups -OCH3 is 1. The molecule has 3 nitrogen and oxygen atoms in total. The van der Waals surface area contributed by atoms with Crippen LogP contribution in [0.25, 0.3) is 0 Å². The molecule has 0 amide bonds. The van der Waals surface area contributed by atoms with Gasteiger partial charge in [0.2, 0.25) is 0 Å². The number of benzene rings is 3. The summed E-state index contributed by atoms with van der Waals surface area (Å²) < 4.78 is 46.7. The molecule has 3 aromatic carbocycles. The van der Waals surface area contributed by atoms with Crippen LogP contribution in [0.4, 0.5) is 8.78 Å². The molecule has 4 rings (SSSR count). The van der Waals surface area contributed by atoms with Crippen LogP contribution in [0.1, 0.15) is 5.56 Å². The number of rotatable bonds is 6. The second kappa shape index (κ2) is 8.94. The van der Waals surface area contributed by atoms with Crippen LogP contribution < -0.4 is 9.47 Å². The molecule has 0 N–H and O–H groups in total. The first-order valence-corrected chi connectivity index (χ1v) is 10.5. The van der Waals surface area contributed by atoms with Gasteiger partial charge >= 0.3 is 0 Å². The normalized spacial score (nSPS) is 20.5. The Kier molecular flexibility index (Phi) is 6.09. The van der Waals surface area contributed by atoms with Gasteiger partial charge in [0.05, 0.1) is 11.9 Å². The van der Waals surface area contributed by atoms with E-state index in [0.29, 0.717) is 22.8 Å². The second-order valence-corrected chi connectivity index (χ2v) is 7.88. The number of para-hydroxylation sites is 2. The average molecular weight is 485 g/mol. The van der Waals surface area contributed by atoms with Crippen molar-refractivity contribution in [1.29, 1.82) is 0 Å². The number of hydrogen-bond donors (Lipinski definition) is 0. The lowest BCUT2D eigenvalue weighted by molar-refractivity contribution is 0.114. The van der Waals surface area contributed by atoms with E-state index in [9.17, 15) is 8.78 Å². The van der Waals surface area contributed by atoms with Crippen molar-refractivity contribution in [3.05, 3.63) is 114 Å². The molecule has 0 fully saturated rings. The van der Waals surface area contributed by atoms with Gasteiger partial charge in [0.25, 0.3) is 0 Å². The lowest BCUT2D eigenvalue weighted by Gasteiger charge is -2.38. The van der Waals surface area contributed by atoms with Gasteiger partial charge in [0.1, 0.15) is 23.1 Å². The van der Waals surface area contributed by atoms with Crippen molar-refractivity contribution in [3.8, 4) is 17.2 Å². The molecule has 1 aliphatic rings. The van der Waals surface area contributed by atoms with E-state index in [4.69, 9.17) is 14.2 Å². The van der Waals surface area contributed by atoms with E-state index in [-0.39, 0.29) is 5.76 Å². The molecule has 0 heterocycles. The minimum Gasteiger partial charge on any atom is -0.494 e. The van der Waals surface area contributed by atoms with Gasteiger partial charge < -0.3 is 14.2 Å². The predicted molar refractivity (Wildman–Crippen MR) is 119 cm³/mol. The van der Waals surface area contributed by atoms with E-state index in [1.807, 2.05) is 36.4 Å². The molecule has 0 saturated carbocycles. The summed E-state index contributed by atoms with van der Waals surface area (Å²) >= 11 is 3.53. The minimum absolute atomic E-state index is 0.0125. The van der Waals surface area contributed by atoms with Crippen LogP contribution in [0.5, 0.6) is 17.2 Å². The molecule has 2 unspecified atom stereocenters. The maximum atomic E-state index is 14.5. The first kappa shape index (κ1) is 21.1. The van der Waals surface area contributed by atoms with Crippen LogP contribution in [0.2, 0.25) is 0 Å². The molecule has 2 atom stereocenters. The maximum absolute atomic E-state index is 14.5. The minimum atomic E-state index is -1.35. The Morgan fingerprint density at radius 3 is 2.16 bits per heavy atom. The molecular formula is C25H19BrF2O3. The summed E-state index contributed by atoms with van der Waals surface area (Å²) in [5, 5.41) is 0. The molecule has 0 aromatic heterocycles. The fourth-order valence-electron chi connectivity index (χ4n) is 3.40. The molecule has 0 bridgehead atoms. The summed E-state index contributed by atoms with van der Waals surface area (Å²) in [7, 11) is 1.37. The number of ether oxygens (including phenoxy) is 3. The molecular weight excluding hydrogens is 466 g/mol. The van der Waals surface area contributed by atoms with Crippen molar-refractivity contribution in [3.63, 3.8) is 0 Å². The quantitative estimate of drug-likeness (QED) is 0.350. The predicted octanol–water partition coefficient (Wildman–Crippen LogP) is 7.05. The third-order valence-corrected chi connectivity index (χ3v) is 5.81. The third-order valence-electron chi connectivity index (χ3n) is 4.87. The molecule has 1 aliphatic carbocycles. The topological polar surface area (TPSA) is 27.7 Å². The van der Waals surface area contributed by atoms with E-state index < -0.39 is 22.1 Å². The fourth-order valence-corrected chi connectivity index (χ4v) is 4.10. The Labute approximate surface area is 187 Å². The highest BCUT2D eigenvalue weighted by atomic mass is 79.9. The highest BCUT2D eigenvalue weighted by Gasteiger charge is 2.46. The van der Waals surface area contributed by atoms with Crippen LogP contribution in [0.15, 0.2) is 103 Å². The van der Waals surface area contributed by atoms with Gasteiger partial charge in [-0.25, -0.2) is 8.78 Å². The molecule has 0 saturated heterocycles. The van der Waals surface area contributed by atoms with E-state index in [1.165, 1.54) is 37.5 Å². The standard InChI is InChI=1S/C25H19BrF2O3/c1-29-23-16-25(24(26)15-21(23)28,31-19-10-6-3-7-11-19)20-14-17(27)12-13-22(20)30-18-8-4-2-5-9-18/h2-16,24H,1H3. The van der Waals surface area contributed by atoms with Crippen molar-refractivity contribution in [2.24, 2.45) is 0 Å². The molecule has 0 radical (unpaired) electrons. The average Bonchev–Trinajstić information content (AvgIpc) is 2.78. The van der Waals surface area contributed by atoms with Gasteiger partial charge in [-0.2, -0.15) is 0 Å². The maximum Gasteiger partial charge on any atom is 0.176 e. The van der Waals surface area contributed by atoms with Crippen molar-refractivity contribution in [1.82, 2.24) is 0 Å². The Morgan fingerprint density at radius 2 is 1.52 bits per heavy atom. The van der Waals surface area contributed by atoms with Crippen molar-refractivity contribution >= 4 is 15.9 Å². The fraction of sp³-hybridized carbons (Fsp3) is 0.120. The van der Waals surface area contributed by atoms with E-state index in [1.54, 1.807) is 24.3 Å². The van der Waals surface area contributed by atoms with Crippen LogP contribution in [-0.4, -0.2) is 11.9 Å². The lowest BCUT2D eigenvalue weighted by Crippen LogP contribution is -2.42. The molecule has 3 aromatic rings. The largest absolute Gasteiger partial charge is 0.494 e. The number of allylic oxidation sites excluding steroid dienone is 1. The van der Waals surface area contributed by atoms with E-state index in [0.717, 1.165) is 0 Å². The summed E-state index contributed by atoms with van der Waals surface area (Å²) in [6, 6.07) is 22.3. The van der Waals surface area contributed by atoms with Gasteiger partial charge in [-0.1, -0.05) is 52.3 Å². The van der Waals surface area contributed by atoms with Gasteiger partial charge in [-0.3, -0.25) is 0 Å². The summed E-state index contributed by atoms with van der Waals surface area (Å²) in [4.78, 5) is -0.681. The highest BCUT2D eigenvalue weighted by molar-refractivity contribution is 9.09. The highest BCUT2D eigenvalue weighted by Crippen LogP contribution is 2.47. The zero-order valence-corrected chi connectivity index (χ0v) is 18.2. The summed E-state index contributed by atoms with van der Waals surface area (Å²) in [5.41, 5.74) is -0.977. The molecule has 0 spiro atoms. The van der Waals surface area contributed by atoms with Crippen LogP contribution in [-0.2, 0) is 10.3 Å². The number of alkyl halides is 1. The van der Waals surface area contributed by atoms with Crippen molar-refractivity contribution < 1.29 is 23.0 Å². The van der Waals surface area contributed by atoms with E-state index in [2.05, 4.69) is 15.9 Å². The van der Waals surface area contributed by atoms with E-state index >= 15 is 0 Å². The number of halogens is 3. The lowest BCUT2D eigenvalue weighted by atomic mass is 9.85. The smallest absolute Gasteiger partial charge is 0.176 e. The Bertz CT molecular complexity index is 1120. The summed E-state index contributed by atoms with van der Waals surface area (Å²) in [6.45, 7) is 0. The molecule has 0 aliphatic heterocycles. The summed E-state index contributed by atoms with van der Waals surface area (Å²) in [6.07, 6.45) is 2.83. The van der Waals surface area contributed by atoms with Crippen LogP contribution >= 0.6 is 15.9 Å². The monoisotopic (exact) mass is 484 g/mol. The molecule has 31 heavy (non-hydrogen) atoms. The first-order valence-electron chi connectivity index (χ1n) is 9.57. The summed E-state index contributed by atoms with van der Waals surface area (Å²) in [5.74, 6) is 0.429. The first-order chi connectivity index (χ1) is 15.0. The molecule has 6 heteroatoms. The number of hydrogen-bond acceptors (Lipinski definition) is 3. The zero-order valence-electron chi connectivity index (χ0n) is 16.6. The van der Waals surface area contributed by atoms with Gasteiger partial charge in [-0.15, -0.1) is 0 Å². The van der Waals surface area contributed by atoms with Gasteiger partial charge in [0, 0.05) is 11.6 Å². The Morgan fingerprint density at radius 1 is 0.871 bits per heavy atom. The Hall–Kier alpha value is -3.12. The van der Waals surface area contributed by atoms with Crippen LogP contribution in [0, 0.1) is 5.82 Å². The second-order valence-electron chi connectivity index (χ2n) is 6.89. The zero-order chi connectivity index (χ0) is 21.8. The SMILES string of the molecule is COC1=CC(Oc2ccccc2)(c2cc(F)ccc2Oc2ccccc2)C(Br)C=C1F. The van der Waals surface area contributed by atoms with Crippen LogP contribution in [0.3, 0.4) is 0 Å². The Balaban J connectivity index is 1.90. The van der Waals surface area contributed by atoms with Crippen molar-refractivity contribution in [2.45, 2.75) is 10.4 Å². The third kappa shape index (κ3) is 4.35.